The van der Waals surface area contributed by atoms with Gasteiger partial charge in [-0.25, -0.2) is 0 Å². The molecule has 1 aliphatic heterocycles. The molecule has 0 saturated carbocycles. The molecule has 4 nitrogen and oxygen atoms in total. The first kappa shape index (κ1) is 12.7. The number of hydrogen-bond donors (Lipinski definition) is 2. The van der Waals surface area contributed by atoms with Gasteiger partial charge in [-0.15, -0.1) is 0 Å². The van der Waals surface area contributed by atoms with Gasteiger partial charge in [0.2, 0.25) is 0 Å². The minimum atomic E-state index is -0.288. The summed E-state index contributed by atoms with van der Waals surface area (Å²) in [5.41, 5.74) is 3.14. The molecule has 1 unspecified atom stereocenters. The maximum Gasteiger partial charge on any atom is 0.178 e. The topological polar surface area (TPSA) is 58.6 Å². The number of benzene rings is 1. The summed E-state index contributed by atoms with van der Waals surface area (Å²) in [6.07, 6.45) is 8.92. The lowest BCUT2D eigenvalue weighted by Gasteiger charge is -2.25. The van der Waals surface area contributed by atoms with E-state index in [4.69, 9.17) is 4.74 Å². The number of rotatable bonds is 1. The molecule has 4 rings (SSSR count). The first-order chi connectivity index (χ1) is 10.1. The predicted octanol–water partition coefficient (Wildman–Crippen LogP) is 1.92. The number of phenols is 1. The van der Waals surface area contributed by atoms with Crippen LogP contribution in [-0.2, 0) is 16.6 Å². The maximum absolute atomic E-state index is 11.5. The van der Waals surface area contributed by atoms with Crippen molar-refractivity contribution in [2.75, 3.05) is 13.7 Å². The Hall–Kier alpha value is -2.07. The molecule has 1 aromatic rings. The first-order valence-electron chi connectivity index (χ1n) is 7.24. The summed E-state index contributed by atoms with van der Waals surface area (Å²) in [7, 11) is 1.60. The van der Waals surface area contributed by atoms with Crippen LogP contribution in [0, 0.1) is 0 Å². The number of carbonyl (C=O) groups excluding carboxylic acids is 1. The van der Waals surface area contributed by atoms with Gasteiger partial charge in [0.25, 0.3) is 0 Å². The molecule has 4 heteroatoms. The van der Waals surface area contributed by atoms with Gasteiger partial charge < -0.3 is 15.2 Å². The first-order valence-corrected chi connectivity index (χ1v) is 7.24. The van der Waals surface area contributed by atoms with E-state index in [1.165, 1.54) is 5.56 Å². The molecule has 1 aromatic carbocycles. The lowest BCUT2D eigenvalue weighted by molar-refractivity contribution is -0.110. The SMILES string of the molecule is COc1c(O)cc2c3c1CCNC3CC21C=CC(=O)C=C1. The standard InChI is InChI=1S/C17H17NO3/c1-21-16-11-4-7-18-13-9-17(5-2-10(19)3-6-17)12(15(11)13)8-14(16)20/h2-3,5-6,8,13,18,20H,4,7,9H2,1H3. The Bertz CT molecular complexity index is 686. The van der Waals surface area contributed by atoms with Crippen molar-refractivity contribution < 1.29 is 14.6 Å². The summed E-state index contributed by atoms with van der Waals surface area (Å²) < 4.78 is 5.40. The second-order valence-electron chi connectivity index (χ2n) is 5.94. The zero-order chi connectivity index (χ0) is 14.6. The molecule has 3 aliphatic rings. The van der Waals surface area contributed by atoms with Gasteiger partial charge in [0.05, 0.1) is 7.11 Å². The Morgan fingerprint density at radius 3 is 2.86 bits per heavy atom. The number of aromatic hydroxyl groups is 1. The van der Waals surface area contributed by atoms with E-state index >= 15 is 0 Å². The highest BCUT2D eigenvalue weighted by Crippen LogP contribution is 2.54. The van der Waals surface area contributed by atoms with Crippen LogP contribution in [0.1, 0.15) is 29.2 Å². The van der Waals surface area contributed by atoms with Crippen molar-refractivity contribution >= 4 is 5.78 Å². The Balaban J connectivity index is 1.97. The summed E-state index contributed by atoms with van der Waals surface area (Å²) >= 11 is 0. The average molecular weight is 283 g/mol. The van der Waals surface area contributed by atoms with Gasteiger partial charge >= 0.3 is 0 Å². The number of ketones is 1. The lowest BCUT2D eigenvalue weighted by Crippen LogP contribution is -2.29. The summed E-state index contributed by atoms with van der Waals surface area (Å²) in [4.78, 5) is 11.5. The highest BCUT2D eigenvalue weighted by Gasteiger charge is 2.45. The molecule has 0 fully saturated rings. The van der Waals surface area contributed by atoms with E-state index in [0.717, 1.165) is 30.5 Å². The average Bonchev–Trinajstić information content (AvgIpc) is 2.78. The van der Waals surface area contributed by atoms with Crippen LogP contribution in [0.25, 0.3) is 0 Å². The number of carbonyl (C=O) groups is 1. The van der Waals surface area contributed by atoms with E-state index in [1.807, 2.05) is 12.2 Å². The normalized spacial score (nSPS) is 24.4. The molecule has 1 atom stereocenters. The molecule has 1 heterocycles. The molecule has 0 saturated heterocycles. The van der Waals surface area contributed by atoms with Crippen LogP contribution >= 0.6 is 0 Å². The zero-order valence-electron chi connectivity index (χ0n) is 11.8. The second-order valence-corrected chi connectivity index (χ2v) is 5.94. The Morgan fingerprint density at radius 1 is 1.38 bits per heavy atom. The number of hydrogen-bond acceptors (Lipinski definition) is 4. The smallest absolute Gasteiger partial charge is 0.178 e. The largest absolute Gasteiger partial charge is 0.504 e. The number of fused-ring (bicyclic) bond motifs is 1. The van der Waals surface area contributed by atoms with Crippen molar-refractivity contribution in [1.29, 1.82) is 0 Å². The molecule has 21 heavy (non-hydrogen) atoms. The van der Waals surface area contributed by atoms with E-state index < -0.39 is 0 Å². The van der Waals surface area contributed by atoms with Crippen molar-refractivity contribution in [1.82, 2.24) is 5.32 Å². The number of allylic oxidation sites excluding steroid dienone is 4. The summed E-state index contributed by atoms with van der Waals surface area (Å²) in [6, 6.07) is 2.05. The highest BCUT2D eigenvalue weighted by atomic mass is 16.5. The van der Waals surface area contributed by atoms with Gasteiger partial charge in [-0.1, -0.05) is 12.2 Å². The van der Waals surface area contributed by atoms with Crippen molar-refractivity contribution in [2.45, 2.75) is 24.3 Å². The fourth-order valence-corrected chi connectivity index (χ4v) is 3.96. The van der Waals surface area contributed by atoms with Gasteiger partial charge in [-0.05, 0) is 48.7 Å². The van der Waals surface area contributed by atoms with E-state index in [9.17, 15) is 9.90 Å². The molecule has 0 bridgehead atoms. The lowest BCUT2D eigenvalue weighted by atomic mass is 9.78. The Labute approximate surface area is 123 Å². The number of methoxy groups -OCH3 is 1. The summed E-state index contributed by atoms with van der Waals surface area (Å²) in [5, 5.41) is 13.8. The van der Waals surface area contributed by atoms with Crippen molar-refractivity contribution in [3.63, 3.8) is 0 Å². The highest BCUT2D eigenvalue weighted by molar-refractivity contribution is 6.01. The molecule has 2 aliphatic carbocycles. The van der Waals surface area contributed by atoms with Crippen molar-refractivity contribution in [3.05, 3.63) is 47.1 Å². The van der Waals surface area contributed by atoms with Crippen LogP contribution in [0.3, 0.4) is 0 Å². The van der Waals surface area contributed by atoms with Crippen LogP contribution in [0.2, 0.25) is 0 Å². The maximum atomic E-state index is 11.5. The van der Waals surface area contributed by atoms with Crippen LogP contribution in [-0.4, -0.2) is 24.5 Å². The van der Waals surface area contributed by atoms with Gasteiger partial charge in [-0.2, -0.15) is 0 Å². The zero-order valence-corrected chi connectivity index (χ0v) is 11.8. The molecule has 1 spiro atoms. The van der Waals surface area contributed by atoms with Gasteiger partial charge in [0, 0.05) is 17.0 Å². The molecular weight excluding hydrogens is 266 g/mol. The fraction of sp³-hybridized carbons (Fsp3) is 0.353. The predicted molar refractivity (Wildman–Crippen MR) is 78.7 cm³/mol. The molecule has 0 radical (unpaired) electrons. The van der Waals surface area contributed by atoms with Gasteiger partial charge in [0.1, 0.15) is 0 Å². The van der Waals surface area contributed by atoms with Crippen molar-refractivity contribution in [2.24, 2.45) is 0 Å². The van der Waals surface area contributed by atoms with E-state index in [-0.39, 0.29) is 23.0 Å². The monoisotopic (exact) mass is 283 g/mol. The van der Waals surface area contributed by atoms with Crippen LogP contribution in [0.5, 0.6) is 11.5 Å². The minimum absolute atomic E-state index is 0.0198. The van der Waals surface area contributed by atoms with Crippen molar-refractivity contribution in [3.8, 4) is 11.5 Å². The number of ether oxygens (including phenoxy) is 1. The quantitative estimate of drug-likeness (QED) is 0.827. The molecule has 0 amide bonds. The fourth-order valence-electron chi connectivity index (χ4n) is 3.96. The summed E-state index contributed by atoms with van der Waals surface area (Å²) in [5.74, 6) is 0.801. The second kappa shape index (κ2) is 4.21. The third kappa shape index (κ3) is 1.62. The van der Waals surface area contributed by atoms with Crippen LogP contribution in [0.4, 0.5) is 0 Å². The Morgan fingerprint density at radius 2 is 2.14 bits per heavy atom. The number of nitrogens with one attached hydrogen (secondary N) is 1. The summed E-state index contributed by atoms with van der Waals surface area (Å²) in [6.45, 7) is 0.874. The van der Waals surface area contributed by atoms with Gasteiger partial charge in [-0.3, -0.25) is 4.79 Å². The third-order valence-corrected chi connectivity index (χ3v) is 4.85. The Kier molecular flexibility index (Phi) is 2.54. The molecule has 2 N–H and O–H groups in total. The van der Waals surface area contributed by atoms with Crippen LogP contribution < -0.4 is 10.1 Å². The minimum Gasteiger partial charge on any atom is -0.504 e. The molecule has 0 aromatic heterocycles. The van der Waals surface area contributed by atoms with Gasteiger partial charge in [0.15, 0.2) is 17.3 Å². The number of phenolic OH excluding ortho intramolecular Hbond substituents is 1. The van der Waals surface area contributed by atoms with E-state index in [2.05, 4.69) is 5.32 Å². The van der Waals surface area contributed by atoms with E-state index in [1.54, 1.807) is 25.3 Å². The molecule has 108 valence electrons. The van der Waals surface area contributed by atoms with Crippen LogP contribution in [0.15, 0.2) is 30.4 Å². The third-order valence-electron chi connectivity index (χ3n) is 4.85. The molecular formula is C17H17NO3. The van der Waals surface area contributed by atoms with E-state index in [0.29, 0.717) is 5.75 Å².